The molecule has 30 heavy (non-hydrogen) atoms. The number of hydrogen-bond donors (Lipinski definition) is 1. The first-order valence-electron chi connectivity index (χ1n) is 11.2. The monoisotopic (exact) mass is 402 g/mol. The highest BCUT2D eigenvalue weighted by Crippen LogP contribution is 2.46. The second kappa shape index (κ2) is 8.27. The Morgan fingerprint density at radius 2 is 1.77 bits per heavy atom. The van der Waals surface area contributed by atoms with Crippen LogP contribution >= 0.6 is 0 Å². The van der Waals surface area contributed by atoms with Gasteiger partial charge in [0, 0.05) is 29.6 Å². The third kappa shape index (κ3) is 3.43. The Morgan fingerprint density at radius 3 is 2.53 bits per heavy atom. The quantitative estimate of drug-likeness (QED) is 0.595. The second-order valence-electron chi connectivity index (χ2n) is 8.81. The van der Waals surface area contributed by atoms with Crippen molar-refractivity contribution in [2.24, 2.45) is 5.92 Å². The summed E-state index contributed by atoms with van der Waals surface area (Å²) in [6, 6.07) is 19.0. The van der Waals surface area contributed by atoms with Crippen LogP contribution in [0.25, 0.3) is 10.9 Å². The summed E-state index contributed by atoms with van der Waals surface area (Å²) in [6.45, 7) is 0.760. The zero-order chi connectivity index (χ0) is 20.5. The number of H-pyrrole nitrogens is 1. The number of ether oxygens (including phenoxy) is 1. The first-order valence-corrected chi connectivity index (χ1v) is 11.2. The number of aromatic amines is 1. The first kappa shape index (κ1) is 19.4. The van der Waals surface area contributed by atoms with Crippen LogP contribution in [-0.2, 0) is 22.5 Å². The molecule has 0 radical (unpaired) electrons. The highest BCUT2D eigenvalue weighted by molar-refractivity contribution is 5.87. The number of carbonyl (C=O) groups excluding carboxylic acids is 1. The highest BCUT2D eigenvalue weighted by Gasteiger charge is 2.43. The molecule has 0 saturated heterocycles. The predicted octanol–water partition coefficient (Wildman–Crippen LogP) is 5.39. The van der Waals surface area contributed by atoms with Crippen LogP contribution in [0.2, 0.25) is 0 Å². The van der Waals surface area contributed by atoms with Gasteiger partial charge in [-0.15, -0.1) is 0 Å². The number of hydrogen-bond acceptors (Lipinski definition) is 3. The van der Waals surface area contributed by atoms with Crippen molar-refractivity contribution >= 4 is 16.9 Å². The molecule has 3 aromatic rings. The largest absolute Gasteiger partial charge is 0.468 e. The molecule has 0 amide bonds. The van der Waals surface area contributed by atoms with Crippen molar-refractivity contribution < 1.29 is 9.53 Å². The van der Waals surface area contributed by atoms with Gasteiger partial charge in [0.15, 0.2) is 0 Å². The maximum Gasteiger partial charge on any atom is 0.323 e. The van der Waals surface area contributed by atoms with Crippen molar-refractivity contribution in [3.8, 4) is 0 Å². The Bertz CT molecular complexity index is 1020. The van der Waals surface area contributed by atoms with Gasteiger partial charge in [-0.3, -0.25) is 9.69 Å². The summed E-state index contributed by atoms with van der Waals surface area (Å²) >= 11 is 0. The van der Waals surface area contributed by atoms with Gasteiger partial charge < -0.3 is 9.72 Å². The van der Waals surface area contributed by atoms with Crippen molar-refractivity contribution in [1.29, 1.82) is 0 Å². The van der Waals surface area contributed by atoms with E-state index in [1.54, 1.807) is 0 Å². The Balaban J connectivity index is 1.64. The lowest BCUT2D eigenvalue weighted by molar-refractivity contribution is -0.150. The zero-order valence-electron chi connectivity index (χ0n) is 17.6. The van der Waals surface area contributed by atoms with Crippen LogP contribution in [0, 0.1) is 5.92 Å². The van der Waals surface area contributed by atoms with Crippen molar-refractivity contribution in [1.82, 2.24) is 9.88 Å². The van der Waals surface area contributed by atoms with Crippen LogP contribution < -0.4 is 0 Å². The minimum atomic E-state index is -0.256. The molecule has 1 saturated carbocycles. The van der Waals surface area contributed by atoms with Crippen LogP contribution in [0.3, 0.4) is 0 Å². The van der Waals surface area contributed by atoms with Gasteiger partial charge in [-0.05, 0) is 36.0 Å². The van der Waals surface area contributed by atoms with Crippen LogP contribution in [-0.4, -0.2) is 29.0 Å². The predicted molar refractivity (Wildman–Crippen MR) is 119 cm³/mol. The van der Waals surface area contributed by atoms with E-state index >= 15 is 0 Å². The minimum absolute atomic E-state index is 0.123. The number of rotatable bonds is 4. The van der Waals surface area contributed by atoms with Gasteiger partial charge in [0.05, 0.1) is 13.2 Å². The standard InChI is InChI=1S/C26H30N2O2/c1-30-26(29)23-16-21-20-14-8-9-15-22(20)27-24(21)25(19-12-6-3-7-13-19)28(23)17-18-10-4-2-5-11-18/h2,4-5,8-11,14-15,19,23,25,27H,3,6-7,12-13,16-17H2,1H3/t23-,25-/m0/s1. The maximum absolute atomic E-state index is 13.0. The van der Waals surface area contributed by atoms with Gasteiger partial charge in [-0.2, -0.15) is 0 Å². The average Bonchev–Trinajstić information content (AvgIpc) is 3.17. The zero-order valence-corrected chi connectivity index (χ0v) is 17.6. The van der Waals surface area contributed by atoms with Crippen molar-refractivity contribution in [3.63, 3.8) is 0 Å². The fraction of sp³-hybridized carbons (Fsp3) is 0.423. The summed E-state index contributed by atoms with van der Waals surface area (Å²) in [6.07, 6.45) is 7.01. The summed E-state index contributed by atoms with van der Waals surface area (Å²) in [5.74, 6) is 0.435. The molecule has 2 aromatic carbocycles. The van der Waals surface area contributed by atoms with Gasteiger partial charge in [-0.25, -0.2) is 0 Å². The molecule has 4 nitrogen and oxygen atoms in total. The topological polar surface area (TPSA) is 45.3 Å². The van der Waals surface area contributed by atoms with E-state index in [2.05, 4.69) is 58.4 Å². The fourth-order valence-corrected chi connectivity index (χ4v) is 5.68. The fourth-order valence-electron chi connectivity index (χ4n) is 5.68. The number of benzene rings is 2. The molecule has 5 rings (SSSR count). The lowest BCUT2D eigenvalue weighted by Crippen LogP contribution is -2.50. The Kier molecular flexibility index (Phi) is 5.34. The van der Waals surface area contributed by atoms with E-state index in [-0.39, 0.29) is 18.1 Å². The average molecular weight is 403 g/mol. The number of nitrogens with one attached hydrogen (secondary N) is 1. The molecule has 0 bridgehead atoms. The van der Waals surface area contributed by atoms with Gasteiger partial charge in [0.1, 0.15) is 6.04 Å². The normalized spacial score (nSPS) is 22.7. The third-order valence-corrected chi connectivity index (χ3v) is 7.08. The summed E-state index contributed by atoms with van der Waals surface area (Å²) in [5.41, 5.74) is 5.04. The number of aromatic nitrogens is 1. The molecule has 4 heteroatoms. The van der Waals surface area contributed by atoms with Crippen molar-refractivity contribution in [3.05, 3.63) is 71.4 Å². The number of para-hydroxylation sites is 1. The van der Waals surface area contributed by atoms with Crippen molar-refractivity contribution in [2.75, 3.05) is 7.11 Å². The van der Waals surface area contributed by atoms with Gasteiger partial charge >= 0.3 is 5.97 Å². The second-order valence-corrected chi connectivity index (χ2v) is 8.81. The van der Waals surface area contributed by atoms with Crippen LogP contribution in [0.1, 0.15) is 55.0 Å². The number of nitrogens with zero attached hydrogens (tertiary/aromatic N) is 1. The molecular formula is C26H30N2O2. The van der Waals surface area contributed by atoms with E-state index in [1.165, 1.54) is 66.9 Å². The van der Waals surface area contributed by atoms with E-state index in [1.807, 2.05) is 6.07 Å². The van der Waals surface area contributed by atoms with E-state index in [9.17, 15) is 4.79 Å². The van der Waals surface area contributed by atoms with Crippen LogP contribution in [0.5, 0.6) is 0 Å². The number of fused-ring (bicyclic) bond motifs is 3. The summed E-state index contributed by atoms with van der Waals surface area (Å²) in [5, 5.41) is 1.25. The highest BCUT2D eigenvalue weighted by atomic mass is 16.5. The SMILES string of the molecule is COC(=O)[C@@H]1Cc2c([nH]c3ccccc23)[C@H](C2CCCCC2)N1Cc1ccccc1. The van der Waals surface area contributed by atoms with E-state index < -0.39 is 0 Å². The minimum Gasteiger partial charge on any atom is -0.468 e. The molecule has 0 unspecified atom stereocenters. The molecule has 2 aliphatic rings. The molecule has 2 heterocycles. The number of carbonyl (C=O) groups is 1. The Hall–Kier alpha value is -2.59. The van der Waals surface area contributed by atoms with E-state index in [0.717, 1.165) is 6.54 Å². The lowest BCUT2D eigenvalue weighted by Gasteiger charge is -2.45. The van der Waals surface area contributed by atoms with Crippen LogP contribution in [0.4, 0.5) is 0 Å². The van der Waals surface area contributed by atoms with Crippen molar-refractivity contribution in [2.45, 2.75) is 57.2 Å². The molecule has 1 aliphatic carbocycles. The van der Waals surface area contributed by atoms with E-state index in [4.69, 9.17) is 4.74 Å². The summed E-state index contributed by atoms with van der Waals surface area (Å²) < 4.78 is 5.31. The molecule has 156 valence electrons. The molecule has 1 aliphatic heterocycles. The molecular weight excluding hydrogens is 372 g/mol. The molecule has 2 atom stereocenters. The molecule has 1 fully saturated rings. The van der Waals surface area contributed by atoms with Crippen LogP contribution in [0.15, 0.2) is 54.6 Å². The number of esters is 1. The smallest absolute Gasteiger partial charge is 0.323 e. The summed E-state index contributed by atoms with van der Waals surface area (Å²) in [7, 11) is 1.52. The van der Waals surface area contributed by atoms with E-state index in [0.29, 0.717) is 12.3 Å². The number of methoxy groups -OCH3 is 1. The molecule has 0 spiro atoms. The Morgan fingerprint density at radius 1 is 1.03 bits per heavy atom. The summed E-state index contributed by atoms with van der Waals surface area (Å²) in [4.78, 5) is 19.2. The lowest BCUT2D eigenvalue weighted by atomic mass is 9.77. The molecule has 1 N–H and O–H groups in total. The van der Waals surface area contributed by atoms with Gasteiger partial charge in [-0.1, -0.05) is 67.8 Å². The first-order chi connectivity index (χ1) is 14.8. The van der Waals surface area contributed by atoms with Gasteiger partial charge in [0.2, 0.25) is 0 Å². The molecule has 1 aromatic heterocycles. The third-order valence-electron chi connectivity index (χ3n) is 7.08. The Labute approximate surface area is 178 Å². The van der Waals surface area contributed by atoms with Gasteiger partial charge in [0.25, 0.3) is 0 Å². The maximum atomic E-state index is 13.0.